The van der Waals surface area contributed by atoms with E-state index >= 15 is 0 Å². The summed E-state index contributed by atoms with van der Waals surface area (Å²) in [5.74, 6) is -0.168. The summed E-state index contributed by atoms with van der Waals surface area (Å²) in [6.45, 7) is 5.72. The van der Waals surface area contributed by atoms with E-state index in [-0.39, 0.29) is 41.3 Å². The number of aliphatic hydroxyl groups is 1. The Kier molecular flexibility index (Phi) is 15.1. The monoisotopic (exact) mass is 519 g/mol. The maximum atomic E-state index is 10.7. The average Bonchev–Trinajstić information content (AvgIpc) is 3.04. The van der Waals surface area contributed by atoms with Crippen LogP contribution in [0.2, 0.25) is 0 Å². The molecule has 0 aromatic carbocycles. The van der Waals surface area contributed by atoms with Crippen LogP contribution in [-0.4, -0.2) is 67.9 Å². The first-order valence-electron chi connectivity index (χ1n) is 7.97. The highest BCUT2D eigenvalue weighted by molar-refractivity contribution is 7.32. The van der Waals surface area contributed by atoms with E-state index in [1.807, 2.05) is 0 Å². The zero-order chi connectivity index (χ0) is 23.0. The highest BCUT2D eigenvalue weighted by Crippen LogP contribution is 2.51. The molecule has 0 radical (unpaired) electrons. The van der Waals surface area contributed by atoms with Gasteiger partial charge in [-0.2, -0.15) is 0 Å². The Morgan fingerprint density at radius 2 is 1.81 bits per heavy atom. The largest absolute Gasteiger partial charge is 0.694 e. The lowest BCUT2D eigenvalue weighted by molar-refractivity contribution is 0.00646. The SMILES string of the molecule is C=C1[C@@H](n2cnc3c(N)ncnc32)[C@H](C(C)O)[C@H]1CO[P+](=O)O.O.O.O=PO.O=[P+](O)O. The molecule has 1 fully saturated rings. The maximum Gasteiger partial charge on any atom is 0.694 e. The molecule has 0 spiro atoms. The van der Waals surface area contributed by atoms with Crippen molar-refractivity contribution in [2.75, 3.05) is 12.3 Å². The van der Waals surface area contributed by atoms with Crippen LogP contribution in [0.15, 0.2) is 24.8 Å². The summed E-state index contributed by atoms with van der Waals surface area (Å²) in [5, 5.41) is 10.1. The average molecular weight is 519 g/mol. The van der Waals surface area contributed by atoms with Crippen molar-refractivity contribution in [3.05, 3.63) is 24.8 Å². The smallest absolute Gasteiger partial charge is 0.412 e. The van der Waals surface area contributed by atoms with E-state index < -0.39 is 31.3 Å². The van der Waals surface area contributed by atoms with Crippen LogP contribution >= 0.6 is 25.2 Å². The van der Waals surface area contributed by atoms with Crippen LogP contribution in [0.3, 0.4) is 0 Å². The molecule has 0 bridgehead atoms. The molecular weight excluding hydrogens is 495 g/mol. The van der Waals surface area contributed by atoms with Crippen LogP contribution in [0, 0.1) is 11.8 Å². The number of hydrogen-bond donors (Lipinski definition) is 6. The summed E-state index contributed by atoms with van der Waals surface area (Å²) in [4.78, 5) is 42.4. The number of nitrogens with zero attached hydrogens (tertiary/aromatic N) is 4. The highest BCUT2D eigenvalue weighted by atomic mass is 31.1. The van der Waals surface area contributed by atoms with Crippen molar-refractivity contribution < 1.29 is 53.9 Å². The molecule has 3 rings (SSSR count). The van der Waals surface area contributed by atoms with Gasteiger partial charge in [-0.05, 0) is 12.5 Å². The normalized spacial score (nSPS) is 20.2. The fraction of sp³-hybridized carbons (Fsp3) is 0.462. The van der Waals surface area contributed by atoms with Crippen LogP contribution < -0.4 is 5.73 Å². The van der Waals surface area contributed by atoms with Gasteiger partial charge in [0, 0.05) is 21.0 Å². The van der Waals surface area contributed by atoms with Gasteiger partial charge in [0.25, 0.3) is 0 Å². The number of nitrogens with two attached hydrogens (primary N) is 1. The van der Waals surface area contributed by atoms with Gasteiger partial charge in [-0.1, -0.05) is 6.58 Å². The van der Waals surface area contributed by atoms with E-state index in [2.05, 4.69) is 21.5 Å². The minimum Gasteiger partial charge on any atom is -0.412 e. The van der Waals surface area contributed by atoms with Crippen molar-refractivity contribution in [2.24, 2.45) is 11.8 Å². The molecule has 1 aliphatic carbocycles. The van der Waals surface area contributed by atoms with E-state index in [1.165, 1.54) is 6.33 Å². The predicted octanol–water partition coefficient (Wildman–Crippen LogP) is -1.04. The van der Waals surface area contributed by atoms with Gasteiger partial charge in [0.2, 0.25) is 0 Å². The summed E-state index contributed by atoms with van der Waals surface area (Å²) in [6, 6.07) is -0.237. The molecule has 2 unspecified atom stereocenters. The van der Waals surface area contributed by atoms with Crippen LogP contribution in [0.25, 0.3) is 11.2 Å². The number of rotatable bonds is 5. The topological polar surface area (TPSA) is 294 Å². The number of aliphatic hydroxyl groups excluding tert-OH is 1. The Balaban J connectivity index is 0. The molecule has 2 aromatic heterocycles. The van der Waals surface area contributed by atoms with Crippen molar-refractivity contribution in [1.29, 1.82) is 0 Å². The van der Waals surface area contributed by atoms with Gasteiger partial charge in [0.05, 0.1) is 18.5 Å². The van der Waals surface area contributed by atoms with E-state index in [0.717, 1.165) is 5.57 Å². The molecule has 0 saturated heterocycles. The van der Waals surface area contributed by atoms with Crippen molar-refractivity contribution in [3.63, 3.8) is 0 Å². The summed E-state index contributed by atoms with van der Waals surface area (Å²) in [5.41, 5.74) is 7.62. The Morgan fingerprint density at radius 1 is 1.28 bits per heavy atom. The summed E-state index contributed by atoms with van der Waals surface area (Å²) < 4.78 is 34.5. The van der Waals surface area contributed by atoms with E-state index in [1.54, 1.807) is 17.8 Å². The third-order valence-corrected chi connectivity index (χ3v) is 4.66. The molecule has 180 valence electrons. The Labute approximate surface area is 184 Å². The fourth-order valence-corrected chi connectivity index (χ4v) is 3.50. The second-order valence-corrected chi connectivity index (χ2v) is 7.30. The first-order valence-corrected chi connectivity index (χ1v) is 11.0. The Bertz CT molecular complexity index is 924. The summed E-state index contributed by atoms with van der Waals surface area (Å²) in [6.07, 6.45) is 2.28. The first-order chi connectivity index (χ1) is 14.1. The number of nitrogen functional groups attached to an aromatic ring is 1. The number of fused-ring (bicyclic) bond motifs is 1. The van der Waals surface area contributed by atoms with Gasteiger partial charge in [-0.15, -0.1) is 19.2 Å². The third-order valence-electron chi connectivity index (χ3n) is 4.29. The van der Waals surface area contributed by atoms with Crippen molar-refractivity contribution in [2.45, 2.75) is 19.1 Å². The number of anilines is 1. The summed E-state index contributed by atoms with van der Waals surface area (Å²) in [7, 11) is -6.39. The van der Waals surface area contributed by atoms with Gasteiger partial charge in [0.1, 0.15) is 18.5 Å². The molecule has 11 N–H and O–H groups in total. The van der Waals surface area contributed by atoms with Crippen molar-refractivity contribution in [3.8, 4) is 0 Å². The maximum absolute atomic E-state index is 10.7. The zero-order valence-electron chi connectivity index (χ0n) is 16.5. The van der Waals surface area contributed by atoms with Crippen LogP contribution in [0.4, 0.5) is 5.82 Å². The lowest BCUT2D eigenvalue weighted by Gasteiger charge is -2.48. The first kappa shape index (κ1) is 32.3. The Morgan fingerprint density at radius 3 is 2.28 bits per heavy atom. The molecule has 2 aromatic rings. The van der Waals surface area contributed by atoms with Crippen LogP contribution in [0.1, 0.15) is 13.0 Å². The molecule has 32 heavy (non-hydrogen) atoms. The molecule has 1 aliphatic rings. The number of hydrogen-bond acceptors (Lipinski definition) is 9. The molecule has 2 heterocycles. The van der Waals surface area contributed by atoms with Crippen LogP contribution in [0.5, 0.6) is 0 Å². The van der Waals surface area contributed by atoms with Gasteiger partial charge in [0.15, 0.2) is 11.5 Å². The standard InChI is InChI=1S/C13H16N5O4P.HO3P.HO2P.2H2O/c1-6-8(3-22-23(20)21)9(7(2)19)11(6)18-5-17-10-12(14)15-4-16-13(10)18;1-4(2)3;1-3-2;;/h4-5,7-9,11,19H,1,3H2,2H3,(H2-,14,15,16,20,21);(H-,1,2,3);(H,1,2);2*1H2/p+2/t7?,8-,9+,11+;;;;/m0..../s1. The third kappa shape index (κ3) is 8.20. The molecule has 19 heteroatoms. The second kappa shape index (κ2) is 15.0. The Hall–Kier alpha value is -1.93. The minimum atomic E-state index is -2.87. The molecule has 0 aliphatic heterocycles. The van der Waals surface area contributed by atoms with E-state index in [9.17, 15) is 9.67 Å². The van der Waals surface area contributed by atoms with Gasteiger partial charge < -0.3 is 31.3 Å². The molecular formula is C13H24N5O11P3+2. The minimum absolute atomic E-state index is 0. The molecule has 5 atom stereocenters. The van der Waals surface area contributed by atoms with Gasteiger partial charge >= 0.3 is 25.2 Å². The van der Waals surface area contributed by atoms with Crippen LogP contribution in [-0.2, 0) is 18.2 Å². The van der Waals surface area contributed by atoms with E-state index in [0.29, 0.717) is 11.2 Å². The predicted molar refractivity (Wildman–Crippen MR) is 111 cm³/mol. The number of imidazole rings is 1. The lowest BCUT2D eigenvalue weighted by Crippen LogP contribution is -2.48. The molecule has 0 amide bonds. The zero-order valence-corrected chi connectivity index (χ0v) is 19.1. The highest BCUT2D eigenvalue weighted by Gasteiger charge is 2.49. The van der Waals surface area contributed by atoms with Crippen molar-refractivity contribution >= 4 is 42.2 Å². The number of aromatic nitrogens is 4. The van der Waals surface area contributed by atoms with Gasteiger partial charge in [-0.25, -0.2) is 19.5 Å². The summed E-state index contributed by atoms with van der Waals surface area (Å²) >= 11 is 0. The lowest BCUT2D eigenvalue weighted by atomic mass is 9.63. The quantitative estimate of drug-likeness (QED) is 0.203. The van der Waals surface area contributed by atoms with E-state index in [4.69, 9.17) is 39.0 Å². The van der Waals surface area contributed by atoms with Crippen molar-refractivity contribution in [1.82, 2.24) is 19.5 Å². The fourth-order valence-electron chi connectivity index (χ4n) is 3.22. The second-order valence-electron chi connectivity index (χ2n) is 5.90. The molecule has 16 nitrogen and oxygen atoms in total. The van der Waals surface area contributed by atoms with Gasteiger partial charge in [-0.3, -0.25) is 0 Å². The molecule has 1 saturated carbocycles.